The molecule has 0 aliphatic carbocycles. The summed E-state index contributed by atoms with van der Waals surface area (Å²) >= 11 is 0. The first-order valence-corrected chi connectivity index (χ1v) is 6.30. The third kappa shape index (κ3) is 2.29. The van der Waals surface area contributed by atoms with E-state index in [-0.39, 0.29) is 17.3 Å². The lowest BCUT2D eigenvalue weighted by molar-refractivity contribution is -0.137. The molecule has 7 heteroatoms. The van der Waals surface area contributed by atoms with Gasteiger partial charge in [-0.2, -0.15) is 13.2 Å². The molecule has 2 aromatic rings. The lowest BCUT2D eigenvalue weighted by Crippen LogP contribution is -2.12. The van der Waals surface area contributed by atoms with E-state index in [9.17, 15) is 13.2 Å². The standard InChI is InChI=1S/C13H13F3N4/c14-13(15,16)8-1-2-9-10(5-8)19-12(20-11(9)17)7-3-4-18-6-7/h1-2,5,7,18H,3-4,6H2,(H2,17,19,20). The van der Waals surface area contributed by atoms with Crippen molar-refractivity contribution in [3.8, 4) is 0 Å². The maximum Gasteiger partial charge on any atom is 0.416 e. The van der Waals surface area contributed by atoms with Gasteiger partial charge in [0.2, 0.25) is 0 Å². The molecule has 2 heterocycles. The molecule has 1 aliphatic rings. The number of fused-ring (bicyclic) bond motifs is 1. The van der Waals surface area contributed by atoms with Crippen molar-refractivity contribution in [2.24, 2.45) is 0 Å². The Kier molecular flexibility index (Phi) is 3.01. The summed E-state index contributed by atoms with van der Waals surface area (Å²) in [7, 11) is 0. The molecule has 0 radical (unpaired) electrons. The zero-order chi connectivity index (χ0) is 14.3. The summed E-state index contributed by atoms with van der Waals surface area (Å²) in [5.74, 6) is 0.848. The third-order valence-corrected chi connectivity index (χ3v) is 3.50. The highest BCUT2D eigenvalue weighted by Crippen LogP contribution is 2.32. The minimum atomic E-state index is -4.39. The molecule has 106 valence electrons. The molecule has 1 aliphatic heterocycles. The first-order valence-electron chi connectivity index (χ1n) is 6.30. The number of rotatable bonds is 1. The molecule has 1 aromatic heterocycles. The summed E-state index contributed by atoms with van der Waals surface area (Å²) in [6.07, 6.45) is -3.52. The van der Waals surface area contributed by atoms with Crippen molar-refractivity contribution < 1.29 is 13.2 Å². The van der Waals surface area contributed by atoms with Gasteiger partial charge in [-0.25, -0.2) is 9.97 Å². The van der Waals surface area contributed by atoms with Crippen LogP contribution >= 0.6 is 0 Å². The van der Waals surface area contributed by atoms with Gasteiger partial charge < -0.3 is 11.1 Å². The van der Waals surface area contributed by atoms with Gasteiger partial charge in [-0.05, 0) is 31.2 Å². The van der Waals surface area contributed by atoms with Crippen molar-refractivity contribution >= 4 is 16.7 Å². The van der Waals surface area contributed by atoms with Crippen molar-refractivity contribution in [1.29, 1.82) is 0 Å². The molecule has 1 unspecified atom stereocenters. The number of nitrogens with one attached hydrogen (secondary N) is 1. The van der Waals surface area contributed by atoms with Crippen molar-refractivity contribution in [2.75, 3.05) is 18.8 Å². The monoisotopic (exact) mass is 282 g/mol. The highest BCUT2D eigenvalue weighted by atomic mass is 19.4. The number of nitrogen functional groups attached to an aromatic ring is 1. The topological polar surface area (TPSA) is 63.8 Å². The van der Waals surface area contributed by atoms with E-state index < -0.39 is 11.7 Å². The fourth-order valence-corrected chi connectivity index (χ4v) is 2.41. The number of anilines is 1. The van der Waals surface area contributed by atoms with Crippen LogP contribution < -0.4 is 11.1 Å². The van der Waals surface area contributed by atoms with Gasteiger partial charge in [0.25, 0.3) is 0 Å². The Bertz CT molecular complexity index is 648. The zero-order valence-corrected chi connectivity index (χ0v) is 10.5. The first-order chi connectivity index (χ1) is 9.45. The van der Waals surface area contributed by atoms with Gasteiger partial charge in [0.15, 0.2) is 0 Å². The van der Waals surface area contributed by atoms with E-state index in [1.165, 1.54) is 6.07 Å². The van der Waals surface area contributed by atoms with Crippen molar-refractivity contribution in [2.45, 2.75) is 18.5 Å². The van der Waals surface area contributed by atoms with Crippen molar-refractivity contribution in [3.63, 3.8) is 0 Å². The second-order valence-electron chi connectivity index (χ2n) is 4.89. The van der Waals surface area contributed by atoms with Gasteiger partial charge in [0, 0.05) is 17.8 Å². The van der Waals surface area contributed by atoms with Crippen LogP contribution in [-0.2, 0) is 6.18 Å². The summed E-state index contributed by atoms with van der Waals surface area (Å²) < 4.78 is 38.2. The van der Waals surface area contributed by atoms with Crippen LogP contribution in [0.3, 0.4) is 0 Å². The number of halogens is 3. The van der Waals surface area contributed by atoms with Crippen LogP contribution in [0.4, 0.5) is 19.0 Å². The normalized spacial score (nSPS) is 19.6. The summed E-state index contributed by atoms with van der Waals surface area (Å²) in [4.78, 5) is 8.48. The van der Waals surface area contributed by atoms with Gasteiger partial charge in [-0.15, -0.1) is 0 Å². The molecule has 1 aromatic carbocycles. The molecule has 3 N–H and O–H groups in total. The smallest absolute Gasteiger partial charge is 0.383 e. The predicted octanol–water partition coefficient (Wildman–Crippen LogP) is 2.31. The van der Waals surface area contributed by atoms with Gasteiger partial charge in [-0.1, -0.05) is 0 Å². The van der Waals surface area contributed by atoms with Gasteiger partial charge >= 0.3 is 6.18 Å². The SMILES string of the molecule is Nc1nc(C2CCNC2)nc2cc(C(F)(F)F)ccc12. The van der Waals surface area contributed by atoms with Crippen LogP contribution in [0.1, 0.15) is 23.7 Å². The van der Waals surface area contributed by atoms with E-state index in [4.69, 9.17) is 5.73 Å². The second kappa shape index (κ2) is 4.59. The van der Waals surface area contributed by atoms with Crippen molar-refractivity contribution in [3.05, 3.63) is 29.6 Å². The van der Waals surface area contributed by atoms with Gasteiger partial charge in [0.1, 0.15) is 11.6 Å². The maximum atomic E-state index is 12.7. The van der Waals surface area contributed by atoms with E-state index >= 15 is 0 Å². The number of aromatic nitrogens is 2. The molecule has 4 nitrogen and oxygen atoms in total. The van der Waals surface area contributed by atoms with E-state index in [1.54, 1.807) is 0 Å². The van der Waals surface area contributed by atoms with Crippen LogP contribution in [0.2, 0.25) is 0 Å². The van der Waals surface area contributed by atoms with Crippen LogP contribution in [-0.4, -0.2) is 23.1 Å². The number of hydrogen-bond donors (Lipinski definition) is 2. The number of alkyl halides is 3. The average molecular weight is 282 g/mol. The molecule has 1 atom stereocenters. The second-order valence-corrected chi connectivity index (χ2v) is 4.89. The largest absolute Gasteiger partial charge is 0.416 e. The van der Waals surface area contributed by atoms with E-state index in [0.717, 1.165) is 31.6 Å². The summed E-state index contributed by atoms with van der Waals surface area (Å²) in [5.41, 5.74) is 5.35. The Morgan fingerprint density at radius 1 is 1.25 bits per heavy atom. The number of benzene rings is 1. The Morgan fingerprint density at radius 3 is 2.70 bits per heavy atom. The highest BCUT2D eigenvalue weighted by molar-refractivity contribution is 5.88. The van der Waals surface area contributed by atoms with Crippen LogP contribution in [0.5, 0.6) is 0 Å². The van der Waals surface area contributed by atoms with Crippen LogP contribution in [0, 0.1) is 0 Å². The lowest BCUT2D eigenvalue weighted by atomic mass is 10.1. The Morgan fingerprint density at radius 2 is 2.05 bits per heavy atom. The molecule has 0 spiro atoms. The lowest BCUT2D eigenvalue weighted by Gasteiger charge is -2.12. The molecule has 1 saturated heterocycles. The summed E-state index contributed by atoms with van der Waals surface area (Å²) in [6.45, 7) is 1.58. The molecule has 0 bridgehead atoms. The fourth-order valence-electron chi connectivity index (χ4n) is 2.41. The van der Waals surface area contributed by atoms with Crippen LogP contribution in [0.25, 0.3) is 10.9 Å². The number of nitrogens with zero attached hydrogens (tertiary/aromatic N) is 2. The zero-order valence-electron chi connectivity index (χ0n) is 10.5. The minimum absolute atomic E-state index is 0.108. The molecule has 0 saturated carbocycles. The molecule has 0 amide bonds. The Hall–Kier alpha value is -1.89. The fraction of sp³-hybridized carbons (Fsp3) is 0.385. The molecular formula is C13H13F3N4. The van der Waals surface area contributed by atoms with Crippen LogP contribution in [0.15, 0.2) is 18.2 Å². The van der Waals surface area contributed by atoms with E-state index in [2.05, 4.69) is 15.3 Å². The average Bonchev–Trinajstić information content (AvgIpc) is 2.90. The first kappa shape index (κ1) is 13.1. The third-order valence-electron chi connectivity index (χ3n) is 3.50. The van der Waals surface area contributed by atoms with E-state index in [0.29, 0.717) is 11.2 Å². The molecule has 20 heavy (non-hydrogen) atoms. The van der Waals surface area contributed by atoms with Crippen molar-refractivity contribution in [1.82, 2.24) is 15.3 Å². The van der Waals surface area contributed by atoms with E-state index in [1.807, 2.05) is 0 Å². The molecule has 3 rings (SSSR count). The van der Waals surface area contributed by atoms with Gasteiger partial charge in [0.05, 0.1) is 11.1 Å². The minimum Gasteiger partial charge on any atom is -0.383 e. The maximum absolute atomic E-state index is 12.7. The van der Waals surface area contributed by atoms with Gasteiger partial charge in [-0.3, -0.25) is 0 Å². The molecule has 1 fully saturated rings. The summed E-state index contributed by atoms with van der Waals surface area (Å²) in [6, 6.07) is 3.35. The Labute approximate surface area is 113 Å². The molecular weight excluding hydrogens is 269 g/mol. The summed E-state index contributed by atoms with van der Waals surface area (Å²) in [5, 5.41) is 3.62. The Balaban J connectivity index is 2.12. The number of nitrogens with two attached hydrogens (primary N) is 1. The number of hydrogen-bond acceptors (Lipinski definition) is 4. The highest BCUT2D eigenvalue weighted by Gasteiger charge is 2.31. The quantitative estimate of drug-likeness (QED) is 0.842. The predicted molar refractivity (Wildman–Crippen MR) is 69.2 cm³/mol.